The van der Waals surface area contributed by atoms with Crippen LogP contribution in [0.25, 0.3) is 0 Å². The van der Waals surface area contributed by atoms with Crippen LogP contribution < -0.4 is 5.32 Å². The van der Waals surface area contributed by atoms with Crippen LogP contribution in [0.15, 0.2) is 42.5 Å². The number of benzene rings is 2. The van der Waals surface area contributed by atoms with Crippen LogP contribution in [-0.4, -0.2) is 33.0 Å². The molecule has 2 aromatic carbocycles. The van der Waals surface area contributed by atoms with Gasteiger partial charge in [0, 0.05) is 18.2 Å². The van der Waals surface area contributed by atoms with Gasteiger partial charge in [-0.1, -0.05) is 18.2 Å². The van der Waals surface area contributed by atoms with Crippen LogP contribution in [0.4, 0.5) is 0 Å². The van der Waals surface area contributed by atoms with Gasteiger partial charge in [0.2, 0.25) is 0 Å². The van der Waals surface area contributed by atoms with Gasteiger partial charge in [0.25, 0.3) is 0 Å². The molecule has 5 N–H and O–H groups in total. The summed E-state index contributed by atoms with van der Waals surface area (Å²) in [5, 5.41) is 41.4. The fourth-order valence-electron chi connectivity index (χ4n) is 2.43. The molecule has 5 heteroatoms. The summed E-state index contributed by atoms with van der Waals surface area (Å²) in [5.41, 5.74) is 2.15. The third kappa shape index (κ3) is 4.96. The molecule has 0 aliphatic heterocycles. The summed E-state index contributed by atoms with van der Waals surface area (Å²) in [5.74, 6) is 0.272. The highest BCUT2D eigenvalue weighted by Crippen LogP contribution is 2.22. The predicted octanol–water partition coefficient (Wildman–Crippen LogP) is 1.84. The van der Waals surface area contributed by atoms with Crippen molar-refractivity contribution in [1.29, 1.82) is 0 Å². The molecular formula is C18H23NO4. The largest absolute Gasteiger partial charge is 0.508 e. The number of aromatic hydroxyl groups is 2. The minimum atomic E-state index is -0.719. The quantitative estimate of drug-likeness (QED) is 0.537. The molecular weight excluding hydrogens is 294 g/mol. The third-order valence-electron chi connectivity index (χ3n) is 3.80. The van der Waals surface area contributed by atoms with Gasteiger partial charge in [-0.05, 0) is 48.7 Å². The van der Waals surface area contributed by atoms with Crippen LogP contribution in [0, 0.1) is 0 Å². The monoisotopic (exact) mass is 317 g/mol. The molecule has 0 aliphatic rings. The van der Waals surface area contributed by atoms with Crippen molar-refractivity contribution in [2.45, 2.75) is 32.1 Å². The smallest absolute Gasteiger partial charge is 0.121 e. The fraction of sp³-hybridized carbons (Fsp3) is 0.333. The Hall–Kier alpha value is -2.08. The van der Waals surface area contributed by atoms with Crippen molar-refractivity contribution >= 4 is 0 Å². The highest BCUT2D eigenvalue weighted by Gasteiger charge is 2.12. The van der Waals surface area contributed by atoms with E-state index in [-0.39, 0.29) is 24.1 Å². The Morgan fingerprint density at radius 1 is 1.04 bits per heavy atom. The zero-order chi connectivity index (χ0) is 16.8. The van der Waals surface area contributed by atoms with Gasteiger partial charge < -0.3 is 25.7 Å². The molecule has 0 fully saturated rings. The summed E-state index contributed by atoms with van der Waals surface area (Å²) >= 11 is 0. The SMILES string of the molecule is CC(Cc1ccc(O)cc1)NC[C@H](O)c1ccc(O)c(CO)c1. The summed E-state index contributed by atoms with van der Waals surface area (Å²) in [7, 11) is 0. The molecule has 0 aliphatic carbocycles. The third-order valence-corrected chi connectivity index (χ3v) is 3.80. The van der Waals surface area contributed by atoms with E-state index < -0.39 is 6.10 Å². The average Bonchev–Trinajstić information content (AvgIpc) is 2.55. The molecule has 0 spiro atoms. The van der Waals surface area contributed by atoms with Crippen molar-refractivity contribution in [2.24, 2.45) is 0 Å². The molecule has 0 saturated carbocycles. The molecule has 0 heterocycles. The predicted molar refractivity (Wildman–Crippen MR) is 88.3 cm³/mol. The summed E-state index contributed by atoms with van der Waals surface area (Å²) in [6.45, 7) is 2.13. The number of aliphatic hydroxyl groups excluding tert-OH is 2. The lowest BCUT2D eigenvalue weighted by Gasteiger charge is -2.18. The lowest BCUT2D eigenvalue weighted by Crippen LogP contribution is -2.32. The molecule has 0 aromatic heterocycles. The Labute approximate surface area is 135 Å². The second-order valence-corrected chi connectivity index (χ2v) is 5.74. The Morgan fingerprint density at radius 3 is 2.39 bits per heavy atom. The van der Waals surface area contributed by atoms with Gasteiger partial charge in [0.15, 0.2) is 0 Å². The van der Waals surface area contributed by atoms with Crippen molar-refractivity contribution in [2.75, 3.05) is 6.54 Å². The second kappa shape index (κ2) is 7.97. The van der Waals surface area contributed by atoms with Crippen LogP contribution >= 0.6 is 0 Å². The number of aliphatic hydroxyl groups is 2. The van der Waals surface area contributed by atoms with Gasteiger partial charge >= 0.3 is 0 Å². The van der Waals surface area contributed by atoms with Gasteiger partial charge in [0.05, 0.1) is 12.7 Å². The first-order valence-corrected chi connectivity index (χ1v) is 7.61. The number of phenols is 2. The summed E-state index contributed by atoms with van der Waals surface area (Å²) in [4.78, 5) is 0. The highest BCUT2D eigenvalue weighted by molar-refractivity contribution is 5.36. The maximum atomic E-state index is 10.2. The maximum absolute atomic E-state index is 10.2. The molecule has 0 radical (unpaired) electrons. The van der Waals surface area contributed by atoms with Gasteiger partial charge in [0.1, 0.15) is 11.5 Å². The van der Waals surface area contributed by atoms with Gasteiger partial charge in [-0.2, -0.15) is 0 Å². The lowest BCUT2D eigenvalue weighted by molar-refractivity contribution is 0.170. The molecule has 2 rings (SSSR count). The molecule has 0 saturated heterocycles. The first-order chi connectivity index (χ1) is 11.0. The first kappa shape index (κ1) is 17.3. The minimum Gasteiger partial charge on any atom is -0.508 e. The number of phenolic OH excluding ortho intramolecular Hbond substituents is 1. The average molecular weight is 317 g/mol. The minimum absolute atomic E-state index is 0.0251. The molecule has 1 unspecified atom stereocenters. The van der Waals surface area contributed by atoms with Gasteiger partial charge in [-0.25, -0.2) is 0 Å². The van der Waals surface area contributed by atoms with Gasteiger partial charge in [-0.15, -0.1) is 0 Å². The topological polar surface area (TPSA) is 93.0 Å². The summed E-state index contributed by atoms with van der Waals surface area (Å²) < 4.78 is 0. The van der Waals surface area contributed by atoms with E-state index in [2.05, 4.69) is 5.32 Å². The van der Waals surface area contributed by atoms with Crippen LogP contribution in [0.5, 0.6) is 11.5 Å². The van der Waals surface area contributed by atoms with E-state index in [1.165, 1.54) is 6.07 Å². The van der Waals surface area contributed by atoms with E-state index >= 15 is 0 Å². The van der Waals surface area contributed by atoms with Crippen LogP contribution in [-0.2, 0) is 13.0 Å². The normalized spacial score (nSPS) is 13.7. The van der Waals surface area contributed by atoms with Crippen molar-refractivity contribution < 1.29 is 20.4 Å². The fourth-order valence-corrected chi connectivity index (χ4v) is 2.43. The van der Waals surface area contributed by atoms with Crippen LogP contribution in [0.3, 0.4) is 0 Å². The number of hydrogen-bond acceptors (Lipinski definition) is 5. The Bertz CT molecular complexity index is 627. The Balaban J connectivity index is 1.88. The number of rotatable bonds is 7. The van der Waals surface area contributed by atoms with Crippen molar-refractivity contribution in [3.63, 3.8) is 0 Å². The zero-order valence-corrected chi connectivity index (χ0v) is 13.1. The van der Waals surface area contributed by atoms with Crippen LogP contribution in [0.1, 0.15) is 29.7 Å². The zero-order valence-electron chi connectivity index (χ0n) is 13.1. The molecule has 124 valence electrons. The molecule has 2 atom stereocenters. The van der Waals surface area contributed by atoms with E-state index in [0.717, 1.165) is 12.0 Å². The van der Waals surface area contributed by atoms with Crippen molar-refractivity contribution in [1.82, 2.24) is 5.32 Å². The highest BCUT2D eigenvalue weighted by atomic mass is 16.3. The summed E-state index contributed by atoms with van der Waals surface area (Å²) in [6, 6.07) is 11.9. The number of hydrogen-bond donors (Lipinski definition) is 5. The molecule has 0 bridgehead atoms. The van der Waals surface area contributed by atoms with Crippen molar-refractivity contribution in [3.05, 3.63) is 59.2 Å². The summed E-state index contributed by atoms with van der Waals surface area (Å²) in [6.07, 6.45) is 0.0629. The Kier molecular flexibility index (Phi) is 5.98. The standard InChI is InChI=1S/C18H23NO4/c1-12(8-13-2-5-16(21)6-3-13)19-10-18(23)14-4-7-17(22)15(9-14)11-20/h2-7,9,12,18-23H,8,10-11H2,1H3/t12?,18-/m0/s1. The van der Waals surface area contributed by atoms with Gasteiger partial charge in [-0.3, -0.25) is 0 Å². The van der Waals surface area contributed by atoms with E-state index in [1.807, 2.05) is 19.1 Å². The first-order valence-electron chi connectivity index (χ1n) is 7.61. The second-order valence-electron chi connectivity index (χ2n) is 5.74. The van der Waals surface area contributed by atoms with E-state index in [0.29, 0.717) is 17.7 Å². The Morgan fingerprint density at radius 2 is 1.74 bits per heavy atom. The maximum Gasteiger partial charge on any atom is 0.121 e. The molecule has 0 amide bonds. The van der Waals surface area contributed by atoms with Crippen molar-refractivity contribution in [3.8, 4) is 11.5 Å². The number of nitrogens with one attached hydrogen (secondary N) is 1. The molecule has 23 heavy (non-hydrogen) atoms. The lowest BCUT2D eigenvalue weighted by atomic mass is 10.0. The van der Waals surface area contributed by atoms with E-state index in [4.69, 9.17) is 5.11 Å². The van der Waals surface area contributed by atoms with E-state index in [9.17, 15) is 15.3 Å². The van der Waals surface area contributed by atoms with Crippen LogP contribution in [0.2, 0.25) is 0 Å². The molecule has 5 nitrogen and oxygen atoms in total. The van der Waals surface area contributed by atoms with E-state index in [1.54, 1.807) is 24.3 Å². The molecule has 2 aromatic rings.